The second-order valence-electron chi connectivity index (χ2n) is 10.2. The quantitative estimate of drug-likeness (QED) is 0.362. The molecule has 0 fully saturated rings. The largest absolute Gasteiger partial charge is 0.350 e. The number of carbonyl (C=O) groups is 2. The van der Waals surface area contributed by atoms with Crippen LogP contribution in [-0.4, -0.2) is 43.3 Å². The maximum Gasteiger partial charge on any atom is 0.264 e. The number of carbonyl (C=O) groups excluding carboxylic acids is 2. The number of amides is 2. The van der Waals surface area contributed by atoms with E-state index in [1.807, 2.05) is 58.0 Å². The molecular weight excluding hydrogens is 566 g/mol. The van der Waals surface area contributed by atoms with E-state index in [9.17, 15) is 18.0 Å². The number of hydrogen-bond acceptors (Lipinski definition) is 4. The molecule has 7 nitrogen and oxygen atoms in total. The van der Waals surface area contributed by atoms with Crippen molar-refractivity contribution < 1.29 is 18.0 Å². The molecule has 0 bridgehead atoms. The number of rotatable bonds is 9. The lowest BCUT2D eigenvalue weighted by atomic mass is 10.1. The van der Waals surface area contributed by atoms with Gasteiger partial charge in [-0.2, -0.15) is 0 Å². The van der Waals surface area contributed by atoms with Gasteiger partial charge >= 0.3 is 0 Å². The molecule has 3 rings (SSSR count). The molecule has 0 saturated heterocycles. The molecule has 38 heavy (non-hydrogen) atoms. The number of aryl methyl sites for hydroxylation is 1. The van der Waals surface area contributed by atoms with Crippen LogP contribution in [0, 0.1) is 6.92 Å². The topological polar surface area (TPSA) is 86.8 Å². The van der Waals surface area contributed by atoms with E-state index in [1.54, 1.807) is 43.3 Å². The van der Waals surface area contributed by atoms with Crippen LogP contribution in [0.5, 0.6) is 0 Å². The summed E-state index contributed by atoms with van der Waals surface area (Å²) >= 11 is 3.38. The Bertz CT molecular complexity index is 1350. The van der Waals surface area contributed by atoms with Crippen molar-refractivity contribution in [1.82, 2.24) is 10.2 Å². The van der Waals surface area contributed by atoms with Gasteiger partial charge in [-0.3, -0.25) is 13.9 Å². The summed E-state index contributed by atoms with van der Waals surface area (Å²) in [5.74, 6) is -0.817. The second kappa shape index (κ2) is 12.1. The van der Waals surface area contributed by atoms with E-state index < -0.39 is 34.1 Å². The highest BCUT2D eigenvalue weighted by molar-refractivity contribution is 9.10. The first kappa shape index (κ1) is 29.4. The number of hydrogen-bond donors (Lipinski definition) is 1. The molecule has 2 amide bonds. The normalized spacial score (nSPS) is 12.5. The number of halogens is 1. The van der Waals surface area contributed by atoms with Crippen LogP contribution in [-0.2, 0) is 26.2 Å². The van der Waals surface area contributed by atoms with E-state index in [-0.39, 0.29) is 17.3 Å². The smallest absolute Gasteiger partial charge is 0.264 e. The van der Waals surface area contributed by atoms with Crippen LogP contribution in [0.3, 0.4) is 0 Å². The summed E-state index contributed by atoms with van der Waals surface area (Å²) in [4.78, 5) is 28.5. The standard InChI is InChI=1S/C29H34BrN3O4S/c1-21-11-17-26(18-12-21)38(36,37)33(25-15-13-24(30)14-16-25)20-27(34)32(19-23-9-7-6-8-10-23)22(2)28(35)31-29(3,4)5/h6-18,22H,19-20H2,1-5H3,(H,31,35). The molecule has 0 aliphatic heterocycles. The van der Waals surface area contributed by atoms with Gasteiger partial charge < -0.3 is 10.2 Å². The van der Waals surface area contributed by atoms with Crippen molar-refractivity contribution in [3.8, 4) is 0 Å². The summed E-state index contributed by atoms with van der Waals surface area (Å²) in [5.41, 5.74) is 1.59. The lowest BCUT2D eigenvalue weighted by Gasteiger charge is -2.33. The Morgan fingerprint density at radius 1 is 0.921 bits per heavy atom. The molecule has 1 atom stereocenters. The maximum absolute atomic E-state index is 13.9. The summed E-state index contributed by atoms with van der Waals surface area (Å²) < 4.78 is 29.5. The van der Waals surface area contributed by atoms with Crippen molar-refractivity contribution in [2.24, 2.45) is 0 Å². The first-order valence-electron chi connectivity index (χ1n) is 12.3. The molecule has 0 aliphatic carbocycles. The Balaban J connectivity index is 2.02. The molecule has 1 N–H and O–H groups in total. The van der Waals surface area contributed by atoms with Gasteiger partial charge in [0.2, 0.25) is 11.8 Å². The van der Waals surface area contributed by atoms with E-state index in [4.69, 9.17) is 0 Å². The summed E-state index contributed by atoms with van der Waals surface area (Å²) in [6.45, 7) is 8.80. The molecule has 9 heteroatoms. The third kappa shape index (κ3) is 7.68. The van der Waals surface area contributed by atoms with Crippen LogP contribution in [0.4, 0.5) is 5.69 Å². The minimum Gasteiger partial charge on any atom is -0.350 e. The predicted octanol–water partition coefficient (Wildman–Crippen LogP) is 5.28. The average Bonchev–Trinajstić information content (AvgIpc) is 2.85. The Morgan fingerprint density at radius 2 is 1.50 bits per heavy atom. The van der Waals surface area contributed by atoms with Crippen molar-refractivity contribution in [3.63, 3.8) is 0 Å². The van der Waals surface area contributed by atoms with Gasteiger partial charge in [0.05, 0.1) is 10.6 Å². The highest BCUT2D eigenvalue weighted by Gasteiger charge is 2.33. The first-order valence-corrected chi connectivity index (χ1v) is 14.5. The lowest BCUT2D eigenvalue weighted by Crippen LogP contribution is -2.54. The predicted molar refractivity (Wildman–Crippen MR) is 154 cm³/mol. The summed E-state index contributed by atoms with van der Waals surface area (Å²) in [7, 11) is -4.09. The average molecular weight is 601 g/mol. The fourth-order valence-corrected chi connectivity index (χ4v) is 5.49. The van der Waals surface area contributed by atoms with Gasteiger partial charge in [-0.1, -0.05) is 64.0 Å². The van der Waals surface area contributed by atoms with Crippen molar-refractivity contribution in [2.45, 2.75) is 57.6 Å². The molecule has 1 unspecified atom stereocenters. The van der Waals surface area contributed by atoms with Gasteiger partial charge in [-0.05, 0) is 76.6 Å². The third-order valence-corrected chi connectivity index (χ3v) is 8.18. The lowest BCUT2D eigenvalue weighted by molar-refractivity contribution is -0.140. The van der Waals surface area contributed by atoms with E-state index in [1.165, 1.54) is 17.0 Å². The Labute approximate surface area is 234 Å². The first-order chi connectivity index (χ1) is 17.8. The second-order valence-corrected chi connectivity index (χ2v) is 13.0. The molecule has 0 saturated carbocycles. The summed E-state index contributed by atoms with van der Waals surface area (Å²) in [6.07, 6.45) is 0. The SMILES string of the molecule is Cc1ccc(S(=O)(=O)N(CC(=O)N(Cc2ccccc2)C(C)C(=O)NC(C)(C)C)c2ccc(Br)cc2)cc1. The zero-order valence-electron chi connectivity index (χ0n) is 22.3. The van der Waals surface area contributed by atoms with Gasteiger partial charge in [0.15, 0.2) is 0 Å². The summed E-state index contributed by atoms with van der Waals surface area (Å²) in [5, 5.41) is 2.92. The van der Waals surface area contributed by atoms with Crippen LogP contribution in [0.2, 0.25) is 0 Å². The van der Waals surface area contributed by atoms with Crippen LogP contribution >= 0.6 is 15.9 Å². The number of nitrogens with zero attached hydrogens (tertiary/aromatic N) is 2. The number of benzene rings is 3. The number of anilines is 1. The molecule has 3 aromatic carbocycles. The molecule has 0 aromatic heterocycles. The Kier molecular flexibility index (Phi) is 9.38. The van der Waals surface area contributed by atoms with E-state index in [0.717, 1.165) is 19.9 Å². The fourth-order valence-electron chi connectivity index (χ4n) is 3.81. The highest BCUT2D eigenvalue weighted by Crippen LogP contribution is 2.26. The Hall–Kier alpha value is -3.17. The monoisotopic (exact) mass is 599 g/mol. The minimum atomic E-state index is -4.09. The highest BCUT2D eigenvalue weighted by atomic mass is 79.9. The van der Waals surface area contributed by atoms with Crippen LogP contribution < -0.4 is 9.62 Å². The number of nitrogens with one attached hydrogen (secondary N) is 1. The van der Waals surface area contributed by atoms with Gasteiger partial charge in [0, 0.05) is 16.6 Å². The third-order valence-electron chi connectivity index (χ3n) is 5.86. The van der Waals surface area contributed by atoms with E-state index >= 15 is 0 Å². The van der Waals surface area contributed by atoms with Crippen molar-refractivity contribution in [1.29, 1.82) is 0 Å². The van der Waals surface area contributed by atoms with Crippen molar-refractivity contribution >= 4 is 43.5 Å². The zero-order chi connectivity index (χ0) is 28.1. The van der Waals surface area contributed by atoms with Gasteiger partial charge in [-0.15, -0.1) is 0 Å². The number of sulfonamides is 1. The van der Waals surface area contributed by atoms with Crippen molar-refractivity contribution in [2.75, 3.05) is 10.8 Å². The molecule has 202 valence electrons. The van der Waals surface area contributed by atoms with Crippen LogP contribution in [0.15, 0.2) is 88.2 Å². The molecule has 0 heterocycles. The molecule has 0 radical (unpaired) electrons. The summed E-state index contributed by atoms with van der Waals surface area (Å²) in [6, 6.07) is 21.7. The van der Waals surface area contributed by atoms with Crippen LogP contribution in [0.1, 0.15) is 38.8 Å². The Morgan fingerprint density at radius 3 is 2.05 bits per heavy atom. The molecule has 0 spiro atoms. The van der Waals surface area contributed by atoms with E-state index in [0.29, 0.717) is 5.69 Å². The molecular formula is C29H34BrN3O4S. The van der Waals surface area contributed by atoms with Gasteiger partial charge in [0.25, 0.3) is 10.0 Å². The molecule has 3 aromatic rings. The van der Waals surface area contributed by atoms with E-state index in [2.05, 4.69) is 21.2 Å². The zero-order valence-corrected chi connectivity index (χ0v) is 24.7. The van der Waals surface area contributed by atoms with Gasteiger partial charge in [0.1, 0.15) is 12.6 Å². The van der Waals surface area contributed by atoms with Crippen molar-refractivity contribution in [3.05, 3.63) is 94.5 Å². The van der Waals surface area contributed by atoms with Crippen LogP contribution in [0.25, 0.3) is 0 Å². The van der Waals surface area contributed by atoms with Gasteiger partial charge in [-0.25, -0.2) is 8.42 Å². The minimum absolute atomic E-state index is 0.0759. The fraction of sp³-hybridized carbons (Fsp3) is 0.310. The maximum atomic E-state index is 13.9. The molecule has 0 aliphatic rings.